The molecule has 7 heteroatoms. The van der Waals surface area contributed by atoms with Gasteiger partial charge in [-0.25, -0.2) is 9.37 Å². The molecule has 2 aromatic heterocycles. The fourth-order valence-corrected chi connectivity index (χ4v) is 4.93. The minimum absolute atomic E-state index is 0.100. The second-order valence-corrected chi connectivity index (χ2v) is 8.65. The Morgan fingerprint density at radius 3 is 2.69 bits per heavy atom. The van der Waals surface area contributed by atoms with E-state index in [-0.39, 0.29) is 11.7 Å². The van der Waals surface area contributed by atoms with Crippen molar-refractivity contribution in [1.29, 1.82) is 0 Å². The molecule has 6 rings (SSSR count). The van der Waals surface area contributed by atoms with Gasteiger partial charge in [0.25, 0.3) is 0 Å². The number of rotatable bonds is 3. The number of aliphatic hydroxyl groups excluding tert-OH is 1. The normalized spacial score (nSPS) is 19.4. The molecule has 2 atom stereocenters. The summed E-state index contributed by atoms with van der Waals surface area (Å²) in [7, 11) is 0. The number of imidazole rings is 1. The molecule has 1 fully saturated rings. The van der Waals surface area contributed by atoms with E-state index >= 15 is 0 Å². The molecule has 0 aliphatic carbocycles. The lowest BCUT2D eigenvalue weighted by molar-refractivity contribution is 0.152. The summed E-state index contributed by atoms with van der Waals surface area (Å²) in [6.07, 6.45) is 5.51. The van der Waals surface area contributed by atoms with Crippen LogP contribution in [0.3, 0.4) is 0 Å². The molecule has 0 radical (unpaired) electrons. The molecular weight excluding hydrogens is 405 g/mol. The zero-order chi connectivity index (χ0) is 21.8. The van der Waals surface area contributed by atoms with Crippen molar-refractivity contribution < 1.29 is 9.50 Å². The maximum Gasteiger partial charge on any atom is 0.161 e. The van der Waals surface area contributed by atoms with Crippen molar-refractivity contribution in [3.05, 3.63) is 78.5 Å². The van der Waals surface area contributed by atoms with Crippen molar-refractivity contribution in [2.75, 3.05) is 24.5 Å². The highest BCUT2D eigenvalue weighted by molar-refractivity contribution is 5.72. The van der Waals surface area contributed by atoms with Crippen LogP contribution < -0.4 is 10.6 Å². The van der Waals surface area contributed by atoms with Gasteiger partial charge in [0.15, 0.2) is 5.82 Å². The molecule has 0 unspecified atom stereocenters. The zero-order valence-corrected chi connectivity index (χ0v) is 17.5. The molecule has 32 heavy (non-hydrogen) atoms. The average Bonchev–Trinajstić information content (AvgIpc) is 3.51. The SMILES string of the molecule is NC[C@H]1CN(c2ccc3c(c2)Cn2cc(-c4ccc(F)cc4)cc2-c2nccn2-3)C[C@@H]1O. The van der Waals surface area contributed by atoms with Crippen molar-refractivity contribution in [2.24, 2.45) is 11.7 Å². The highest BCUT2D eigenvalue weighted by Crippen LogP contribution is 2.36. The predicted octanol–water partition coefficient (Wildman–Crippen LogP) is 3.26. The smallest absolute Gasteiger partial charge is 0.161 e. The standard InChI is InChI=1S/C25H24FN5O/c26-20-3-1-16(2-4-20)17-10-23-25-28-7-8-31(25)22-6-5-21(9-18(22)13-30(23)12-17)29-14-19(11-27)24(32)15-29/h1-10,12,19,24,32H,11,13-15,27H2/t19-,24-/m0/s1. The van der Waals surface area contributed by atoms with Gasteiger partial charge in [-0.3, -0.25) is 4.57 Å². The van der Waals surface area contributed by atoms with Crippen LogP contribution in [0.25, 0.3) is 28.3 Å². The number of hydrogen-bond acceptors (Lipinski definition) is 4. The van der Waals surface area contributed by atoms with Gasteiger partial charge in [0.05, 0.1) is 17.5 Å². The summed E-state index contributed by atoms with van der Waals surface area (Å²) in [5, 5.41) is 10.3. The number of anilines is 1. The van der Waals surface area contributed by atoms with E-state index < -0.39 is 6.10 Å². The Kier molecular flexibility index (Phi) is 4.41. The molecule has 4 heterocycles. The third-order valence-electron chi connectivity index (χ3n) is 6.68. The number of β-amino-alcohol motifs (C(OH)–C–C–N with tert-alkyl or cyclic N) is 1. The van der Waals surface area contributed by atoms with Crippen LogP contribution in [0.5, 0.6) is 0 Å². The number of fused-ring (bicyclic) bond motifs is 5. The first-order chi connectivity index (χ1) is 15.6. The van der Waals surface area contributed by atoms with Crippen molar-refractivity contribution in [3.63, 3.8) is 0 Å². The Labute approximate surface area is 185 Å². The molecule has 162 valence electrons. The minimum atomic E-state index is -0.395. The molecular formula is C25H24FN5O. The lowest BCUT2D eigenvalue weighted by Crippen LogP contribution is -2.25. The maximum absolute atomic E-state index is 13.4. The van der Waals surface area contributed by atoms with Gasteiger partial charge < -0.3 is 20.3 Å². The molecule has 0 amide bonds. The molecule has 3 N–H and O–H groups in total. The molecule has 0 spiro atoms. The Morgan fingerprint density at radius 2 is 1.91 bits per heavy atom. The van der Waals surface area contributed by atoms with Gasteiger partial charge in [0, 0.05) is 55.4 Å². The minimum Gasteiger partial charge on any atom is -0.391 e. The van der Waals surface area contributed by atoms with Gasteiger partial charge in [0.1, 0.15) is 5.82 Å². The van der Waals surface area contributed by atoms with E-state index in [1.54, 1.807) is 12.1 Å². The largest absolute Gasteiger partial charge is 0.391 e. The summed E-state index contributed by atoms with van der Waals surface area (Å²) in [5.74, 6) is 0.739. The van der Waals surface area contributed by atoms with Gasteiger partial charge in [-0.1, -0.05) is 12.1 Å². The second kappa shape index (κ2) is 7.32. The number of hydrogen-bond donors (Lipinski definition) is 2. The summed E-state index contributed by atoms with van der Waals surface area (Å²) in [5.41, 5.74) is 12.2. The summed E-state index contributed by atoms with van der Waals surface area (Å²) < 4.78 is 17.7. The summed E-state index contributed by atoms with van der Waals surface area (Å²) in [4.78, 5) is 6.84. The number of nitrogens with zero attached hydrogens (tertiary/aromatic N) is 4. The molecule has 2 aliphatic rings. The summed E-state index contributed by atoms with van der Waals surface area (Å²) in [6.45, 7) is 2.54. The lowest BCUT2D eigenvalue weighted by Gasteiger charge is -2.20. The summed E-state index contributed by atoms with van der Waals surface area (Å²) >= 11 is 0. The average molecular weight is 429 g/mol. The fraction of sp³-hybridized carbons (Fsp3) is 0.240. The molecule has 6 nitrogen and oxygen atoms in total. The third kappa shape index (κ3) is 3.04. The Balaban J connectivity index is 1.42. The zero-order valence-electron chi connectivity index (χ0n) is 17.5. The molecule has 2 aromatic carbocycles. The van der Waals surface area contributed by atoms with Crippen LogP contribution in [0.4, 0.5) is 10.1 Å². The number of benzene rings is 2. The lowest BCUT2D eigenvalue weighted by atomic mass is 10.1. The Hall–Kier alpha value is -3.42. The predicted molar refractivity (Wildman–Crippen MR) is 122 cm³/mol. The highest BCUT2D eigenvalue weighted by atomic mass is 19.1. The van der Waals surface area contributed by atoms with Crippen molar-refractivity contribution in [3.8, 4) is 28.3 Å². The number of aromatic nitrogens is 3. The van der Waals surface area contributed by atoms with E-state index in [0.717, 1.165) is 40.6 Å². The van der Waals surface area contributed by atoms with E-state index in [1.807, 2.05) is 12.4 Å². The van der Waals surface area contributed by atoms with Crippen LogP contribution >= 0.6 is 0 Å². The van der Waals surface area contributed by atoms with Crippen LogP contribution in [0, 0.1) is 11.7 Å². The van der Waals surface area contributed by atoms with Gasteiger partial charge in [0.2, 0.25) is 0 Å². The summed E-state index contributed by atoms with van der Waals surface area (Å²) in [6, 6.07) is 15.1. The third-order valence-corrected chi connectivity index (χ3v) is 6.68. The maximum atomic E-state index is 13.4. The topological polar surface area (TPSA) is 72.2 Å². The first kappa shape index (κ1) is 19.3. The second-order valence-electron chi connectivity index (χ2n) is 8.65. The Morgan fingerprint density at radius 1 is 1.06 bits per heavy atom. The van der Waals surface area contributed by atoms with Gasteiger partial charge in [-0.15, -0.1) is 0 Å². The van der Waals surface area contributed by atoms with Crippen LogP contribution in [-0.2, 0) is 6.54 Å². The fourth-order valence-electron chi connectivity index (χ4n) is 4.93. The number of halogens is 1. The highest BCUT2D eigenvalue weighted by Gasteiger charge is 2.31. The molecule has 0 saturated carbocycles. The van der Waals surface area contributed by atoms with Gasteiger partial charge >= 0.3 is 0 Å². The van der Waals surface area contributed by atoms with Crippen molar-refractivity contribution in [2.45, 2.75) is 12.6 Å². The quantitative estimate of drug-likeness (QED) is 0.462. The molecule has 0 bridgehead atoms. The van der Waals surface area contributed by atoms with Crippen molar-refractivity contribution >= 4 is 5.69 Å². The van der Waals surface area contributed by atoms with Crippen LogP contribution in [0.1, 0.15) is 5.56 Å². The monoisotopic (exact) mass is 429 g/mol. The van der Waals surface area contributed by atoms with Gasteiger partial charge in [-0.2, -0.15) is 0 Å². The first-order valence-electron chi connectivity index (χ1n) is 10.9. The number of aliphatic hydroxyl groups is 1. The molecule has 2 aliphatic heterocycles. The van der Waals surface area contributed by atoms with E-state index in [1.165, 1.54) is 17.7 Å². The van der Waals surface area contributed by atoms with Gasteiger partial charge in [-0.05, 0) is 54.1 Å². The van der Waals surface area contributed by atoms with Crippen LogP contribution in [-0.4, -0.2) is 45.0 Å². The van der Waals surface area contributed by atoms with E-state index in [0.29, 0.717) is 19.6 Å². The molecule has 4 aromatic rings. The van der Waals surface area contributed by atoms with Crippen LogP contribution in [0.15, 0.2) is 67.1 Å². The van der Waals surface area contributed by atoms with E-state index in [9.17, 15) is 9.50 Å². The first-order valence-corrected chi connectivity index (χ1v) is 10.9. The van der Waals surface area contributed by atoms with E-state index in [2.05, 4.69) is 49.5 Å². The Bertz CT molecular complexity index is 1290. The van der Waals surface area contributed by atoms with Crippen LogP contribution in [0.2, 0.25) is 0 Å². The van der Waals surface area contributed by atoms with E-state index in [4.69, 9.17) is 5.73 Å². The van der Waals surface area contributed by atoms with Crippen molar-refractivity contribution in [1.82, 2.24) is 14.1 Å². The molecule has 1 saturated heterocycles. The number of nitrogens with two attached hydrogens (primary N) is 1.